The number of ketones is 1. The molecule has 5 amide bonds. The summed E-state index contributed by atoms with van der Waals surface area (Å²) in [5.74, 6) is -3.48. The molecule has 3 unspecified atom stereocenters. The van der Waals surface area contributed by atoms with E-state index in [-0.39, 0.29) is 18.7 Å². The van der Waals surface area contributed by atoms with Crippen LogP contribution in [0, 0.1) is 0 Å². The molecule has 1 aromatic carbocycles. The molecule has 1 aliphatic rings. The minimum Gasteiger partial charge on any atom is -0.343 e. The van der Waals surface area contributed by atoms with E-state index in [4.69, 9.17) is 0 Å². The third kappa shape index (κ3) is 8.95. The molecule has 3 rings (SSSR count). The number of Topliss-reactive ketones (excluding diaryl/α,β-unsaturated/α-hetero) is 1. The summed E-state index contributed by atoms with van der Waals surface area (Å²) in [4.78, 5) is 90.0. The normalized spacial score (nSPS) is 16.8. The molecule has 0 saturated carbocycles. The van der Waals surface area contributed by atoms with Gasteiger partial charge in [0, 0.05) is 25.5 Å². The van der Waals surface area contributed by atoms with Gasteiger partial charge in [-0.05, 0) is 52.0 Å². The summed E-state index contributed by atoms with van der Waals surface area (Å²) in [5, 5.41) is 8.14. The predicted octanol–water partition coefficient (Wildman–Crippen LogP) is 1.94. The number of nitrogens with one attached hydrogen (secondary N) is 3. The quantitative estimate of drug-likeness (QED) is 0.249. The highest BCUT2D eigenvalue weighted by molar-refractivity contribution is 6.38. The van der Waals surface area contributed by atoms with E-state index >= 15 is 0 Å². The standard InChI is InChI=1S/C33H45N7O6/c1-6-13-25(38-30(43)26-20-34-17-18-35-26)29(42)37-24(7-2)32(45)40-19-12-16-27(40)33(46)39(8-3)22(5)28(41)31(44)36-21(4)23-14-10-9-11-15-23/h9-11,14-15,17-18,20-22,24-25,27H,6-8,12-13,16,19H2,1-5H3,(H,36,44)(H,37,42)(H,38,43)/t21-,22?,24?,25-,27?/m0/s1. The van der Waals surface area contributed by atoms with Crippen molar-refractivity contribution in [2.45, 2.75) is 96.9 Å². The third-order valence-corrected chi connectivity index (χ3v) is 8.18. The largest absolute Gasteiger partial charge is 0.343 e. The molecular weight excluding hydrogens is 590 g/mol. The maximum atomic E-state index is 13.8. The topological polar surface area (TPSA) is 171 Å². The fourth-order valence-corrected chi connectivity index (χ4v) is 5.54. The molecule has 2 heterocycles. The fourth-order valence-electron chi connectivity index (χ4n) is 5.54. The third-order valence-electron chi connectivity index (χ3n) is 8.18. The molecular formula is C33H45N7O6. The van der Waals surface area contributed by atoms with Crippen LogP contribution in [0.25, 0.3) is 0 Å². The number of carbonyl (C=O) groups excluding carboxylic acids is 6. The Bertz CT molecular complexity index is 1370. The van der Waals surface area contributed by atoms with Crippen LogP contribution in [0.3, 0.4) is 0 Å². The van der Waals surface area contributed by atoms with Gasteiger partial charge in [-0.15, -0.1) is 0 Å². The zero-order valence-electron chi connectivity index (χ0n) is 27.2. The number of likely N-dealkylation sites (N-methyl/N-ethyl adjacent to an activating group) is 1. The second kappa shape index (κ2) is 17.1. The highest BCUT2D eigenvalue weighted by atomic mass is 16.2. The van der Waals surface area contributed by atoms with E-state index in [1.807, 2.05) is 37.3 Å². The van der Waals surface area contributed by atoms with Crippen LogP contribution in [0.1, 0.15) is 88.8 Å². The summed E-state index contributed by atoms with van der Waals surface area (Å²) in [6, 6.07) is 5.08. The Morgan fingerprint density at radius 2 is 1.67 bits per heavy atom. The van der Waals surface area contributed by atoms with Crippen molar-refractivity contribution in [2.75, 3.05) is 13.1 Å². The molecule has 0 spiro atoms. The first-order valence-corrected chi connectivity index (χ1v) is 15.9. The monoisotopic (exact) mass is 635 g/mol. The van der Waals surface area contributed by atoms with Gasteiger partial charge in [0.2, 0.25) is 23.5 Å². The van der Waals surface area contributed by atoms with Gasteiger partial charge in [0.25, 0.3) is 11.8 Å². The second-order valence-corrected chi connectivity index (χ2v) is 11.3. The molecule has 0 aliphatic carbocycles. The molecule has 1 fully saturated rings. The van der Waals surface area contributed by atoms with Crippen LogP contribution in [0.5, 0.6) is 0 Å². The van der Waals surface area contributed by atoms with Crippen LogP contribution in [-0.2, 0) is 24.0 Å². The average molecular weight is 636 g/mol. The number of nitrogens with zero attached hydrogens (tertiary/aromatic N) is 4. The van der Waals surface area contributed by atoms with Crippen molar-refractivity contribution in [1.82, 2.24) is 35.7 Å². The first-order chi connectivity index (χ1) is 22.0. The van der Waals surface area contributed by atoms with Crippen LogP contribution in [-0.4, -0.2) is 92.3 Å². The Morgan fingerprint density at radius 1 is 0.957 bits per heavy atom. The lowest BCUT2D eigenvalue weighted by Gasteiger charge is -2.34. The number of carbonyl (C=O) groups is 6. The predicted molar refractivity (Wildman–Crippen MR) is 170 cm³/mol. The summed E-state index contributed by atoms with van der Waals surface area (Å²) in [7, 11) is 0. The van der Waals surface area contributed by atoms with Crippen molar-refractivity contribution in [3.63, 3.8) is 0 Å². The number of likely N-dealkylation sites (tertiary alicyclic amines) is 1. The first-order valence-electron chi connectivity index (χ1n) is 15.9. The van der Waals surface area contributed by atoms with Gasteiger partial charge in [0.05, 0.1) is 18.3 Å². The zero-order chi connectivity index (χ0) is 33.8. The molecule has 13 heteroatoms. The van der Waals surface area contributed by atoms with Crippen molar-refractivity contribution in [2.24, 2.45) is 0 Å². The molecule has 0 bridgehead atoms. The minimum atomic E-state index is -1.05. The summed E-state index contributed by atoms with van der Waals surface area (Å²) in [5.41, 5.74) is 0.903. The number of aromatic nitrogens is 2. The van der Waals surface area contributed by atoms with E-state index in [2.05, 4.69) is 25.9 Å². The van der Waals surface area contributed by atoms with Gasteiger partial charge in [-0.1, -0.05) is 50.6 Å². The molecule has 5 atom stereocenters. The molecule has 1 aliphatic heterocycles. The molecule has 0 radical (unpaired) electrons. The van der Waals surface area contributed by atoms with Gasteiger partial charge in [-0.2, -0.15) is 0 Å². The Labute approximate surface area is 269 Å². The number of benzene rings is 1. The van der Waals surface area contributed by atoms with Gasteiger partial charge >= 0.3 is 0 Å². The van der Waals surface area contributed by atoms with Crippen LogP contribution < -0.4 is 16.0 Å². The molecule has 2 aromatic rings. The molecule has 13 nitrogen and oxygen atoms in total. The van der Waals surface area contributed by atoms with Gasteiger partial charge in [0.1, 0.15) is 23.8 Å². The van der Waals surface area contributed by atoms with Crippen molar-refractivity contribution in [1.29, 1.82) is 0 Å². The van der Waals surface area contributed by atoms with E-state index in [0.29, 0.717) is 32.2 Å². The van der Waals surface area contributed by atoms with E-state index in [1.54, 1.807) is 20.8 Å². The van der Waals surface area contributed by atoms with E-state index < -0.39 is 65.5 Å². The Balaban J connectivity index is 1.67. The molecule has 1 aromatic heterocycles. The van der Waals surface area contributed by atoms with Crippen LogP contribution in [0.2, 0.25) is 0 Å². The van der Waals surface area contributed by atoms with Gasteiger partial charge in [0.15, 0.2) is 0 Å². The van der Waals surface area contributed by atoms with E-state index in [9.17, 15) is 28.8 Å². The lowest BCUT2D eigenvalue weighted by atomic mass is 10.1. The summed E-state index contributed by atoms with van der Waals surface area (Å²) in [6.45, 7) is 9.08. The number of amides is 5. The molecule has 1 saturated heterocycles. The van der Waals surface area contributed by atoms with Crippen molar-refractivity contribution >= 4 is 35.3 Å². The van der Waals surface area contributed by atoms with Crippen LogP contribution >= 0.6 is 0 Å². The van der Waals surface area contributed by atoms with Gasteiger partial charge < -0.3 is 25.8 Å². The summed E-state index contributed by atoms with van der Waals surface area (Å²) in [6.07, 6.45) is 6.24. The lowest BCUT2D eigenvalue weighted by Crippen LogP contribution is -2.58. The number of hydrogen-bond acceptors (Lipinski definition) is 8. The second-order valence-electron chi connectivity index (χ2n) is 11.3. The first kappa shape index (κ1) is 35.8. The SMILES string of the molecule is CCC[C@H](NC(=O)c1cnccn1)C(=O)NC(CC)C(=O)N1CCCC1C(=O)N(CC)C(C)C(=O)C(=O)N[C@@H](C)c1ccccc1. The van der Waals surface area contributed by atoms with Crippen molar-refractivity contribution in [3.05, 3.63) is 60.2 Å². The number of hydrogen-bond donors (Lipinski definition) is 3. The minimum absolute atomic E-state index is 0.0642. The average Bonchev–Trinajstić information content (AvgIpc) is 3.57. The Kier molecular flexibility index (Phi) is 13.3. The maximum absolute atomic E-state index is 13.8. The van der Waals surface area contributed by atoms with Crippen LogP contribution in [0.15, 0.2) is 48.9 Å². The van der Waals surface area contributed by atoms with Gasteiger partial charge in [-0.25, -0.2) is 4.98 Å². The molecule has 46 heavy (non-hydrogen) atoms. The van der Waals surface area contributed by atoms with Crippen molar-refractivity contribution in [3.8, 4) is 0 Å². The van der Waals surface area contributed by atoms with E-state index in [1.165, 1.54) is 35.3 Å². The fraction of sp³-hybridized carbons (Fsp3) is 0.515. The lowest BCUT2D eigenvalue weighted by molar-refractivity contribution is -0.150. The highest BCUT2D eigenvalue weighted by Crippen LogP contribution is 2.23. The smallest absolute Gasteiger partial charge is 0.290 e. The van der Waals surface area contributed by atoms with Crippen molar-refractivity contribution < 1.29 is 28.8 Å². The summed E-state index contributed by atoms with van der Waals surface area (Å²) < 4.78 is 0. The Hall–Kier alpha value is -4.68. The molecule has 248 valence electrons. The zero-order valence-corrected chi connectivity index (χ0v) is 27.2. The van der Waals surface area contributed by atoms with Crippen LogP contribution in [0.4, 0.5) is 0 Å². The van der Waals surface area contributed by atoms with E-state index in [0.717, 1.165) is 5.56 Å². The summed E-state index contributed by atoms with van der Waals surface area (Å²) >= 11 is 0. The number of rotatable bonds is 15. The molecule has 3 N–H and O–H groups in total. The van der Waals surface area contributed by atoms with Gasteiger partial charge in [-0.3, -0.25) is 33.8 Å². The maximum Gasteiger partial charge on any atom is 0.290 e. The highest BCUT2D eigenvalue weighted by Gasteiger charge is 2.41. The Morgan fingerprint density at radius 3 is 2.28 bits per heavy atom.